The molecular weight excluding hydrogens is 293 g/mol. The van der Waals surface area contributed by atoms with Gasteiger partial charge in [0.1, 0.15) is 5.75 Å². The molecule has 0 aliphatic heterocycles. The fourth-order valence-corrected chi connectivity index (χ4v) is 2.51. The minimum absolute atomic E-state index is 0.280. The molecule has 0 aromatic heterocycles. The van der Waals surface area contributed by atoms with Crippen molar-refractivity contribution in [3.8, 4) is 11.5 Å². The molecule has 3 nitrogen and oxygen atoms in total. The van der Waals surface area contributed by atoms with Crippen LogP contribution in [0, 0.1) is 5.82 Å². The molecule has 0 bridgehead atoms. The molecule has 0 spiro atoms. The molecule has 124 valence electrons. The second-order valence-corrected chi connectivity index (χ2v) is 5.79. The van der Waals surface area contributed by atoms with Crippen LogP contribution in [0.1, 0.15) is 18.1 Å². The Hall–Kier alpha value is -2.07. The highest BCUT2D eigenvalue weighted by Gasteiger charge is 2.12. The largest absolute Gasteiger partial charge is 0.497 e. The first-order chi connectivity index (χ1) is 11.0. The highest BCUT2D eigenvalue weighted by Crippen LogP contribution is 2.20. The Morgan fingerprint density at radius 3 is 2.22 bits per heavy atom. The average Bonchev–Trinajstić information content (AvgIpc) is 2.55. The first-order valence-corrected chi connectivity index (χ1v) is 7.69. The number of methoxy groups -OCH3 is 2. The Kier molecular flexibility index (Phi) is 5.99. The van der Waals surface area contributed by atoms with Gasteiger partial charge in [-0.25, -0.2) is 4.39 Å². The zero-order chi connectivity index (χ0) is 16.8. The van der Waals surface area contributed by atoms with Gasteiger partial charge in [-0.2, -0.15) is 0 Å². The van der Waals surface area contributed by atoms with Crippen molar-refractivity contribution in [1.29, 1.82) is 0 Å². The topological polar surface area (TPSA) is 21.7 Å². The van der Waals surface area contributed by atoms with Crippen molar-refractivity contribution in [2.75, 3.05) is 21.3 Å². The van der Waals surface area contributed by atoms with Gasteiger partial charge < -0.3 is 9.47 Å². The molecule has 2 aromatic rings. The number of rotatable bonds is 7. The molecule has 2 aromatic carbocycles. The molecule has 0 saturated heterocycles. The standard InChI is InChI=1S/C19H24FNO2/c1-14(11-15-5-8-17(22-3)9-6-15)21(2)13-16-7-10-19(23-4)18(20)12-16/h5-10,12,14H,11,13H2,1-4H3. The van der Waals surface area contributed by atoms with Gasteiger partial charge in [-0.3, -0.25) is 4.90 Å². The van der Waals surface area contributed by atoms with Gasteiger partial charge in [0.15, 0.2) is 11.6 Å². The van der Waals surface area contributed by atoms with Crippen LogP contribution in [0.15, 0.2) is 42.5 Å². The molecule has 2 rings (SSSR count). The summed E-state index contributed by atoms with van der Waals surface area (Å²) in [5, 5.41) is 0. The lowest BCUT2D eigenvalue weighted by molar-refractivity contribution is 0.247. The maximum absolute atomic E-state index is 13.8. The summed E-state index contributed by atoms with van der Waals surface area (Å²) in [6.45, 7) is 2.86. The molecule has 0 heterocycles. The number of hydrogen-bond donors (Lipinski definition) is 0. The Morgan fingerprint density at radius 2 is 1.65 bits per heavy atom. The van der Waals surface area contributed by atoms with Crippen LogP contribution in [0.3, 0.4) is 0 Å². The smallest absolute Gasteiger partial charge is 0.165 e. The lowest BCUT2D eigenvalue weighted by Crippen LogP contribution is -2.30. The van der Waals surface area contributed by atoms with Crippen LogP contribution in [-0.2, 0) is 13.0 Å². The fourth-order valence-electron chi connectivity index (χ4n) is 2.51. The normalized spacial score (nSPS) is 12.3. The molecule has 1 atom stereocenters. The molecule has 0 fully saturated rings. The molecule has 0 radical (unpaired) electrons. The number of hydrogen-bond acceptors (Lipinski definition) is 3. The zero-order valence-electron chi connectivity index (χ0n) is 14.2. The minimum atomic E-state index is -0.318. The molecule has 0 amide bonds. The lowest BCUT2D eigenvalue weighted by Gasteiger charge is -2.25. The number of benzene rings is 2. The SMILES string of the molecule is COc1ccc(CC(C)N(C)Cc2ccc(OC)c(F)c2)cc1. The fraction of sp³-hybridized carbons (Fsp3) is 0.368. The number of ether oxygens (including phenoxy) is 2. The van der Waals surface area contributed by atoms with Crippen molar-refractivity contribution >= 4 is 0 Å². The van der Waals surface area contributed by atoms with Crippen LogP contribution < -0.4 is 9.47 Å². The summed E-state index contributed by atoms with van der Waals surface area (Å²) in [7, 11) is 5.19. The van der Waals surface area contributed by atoms with Crippen molar-refractivity contribution in [3.63, 3.8) is 0 Å². The molecule has 0 N–H and O–H groups in total. The van der Waals surface area contributed by atoms with Gasteiger partial charge >= 0.3 is 0 Å². The van der Waals surface area contributed by atoms with Gasteiger partial charge in [0.25, 0.3) is 0 Å². The third kappa shape index (κ3) is 4.70. The molecule has 0 aliphatic rings. The quantitative estimate of drug-likeness (QED) is 0.773. The molecule has 4 heteroatoms. The van der Waals surface area contributed by atoms with Gasteiger partial charge in [-0.15, -0.1) is 0 Å². The summed E-state index contributed by atoms with van der Waals surface area (Å²) in [6, 6.07) is 13.6. The van der Waals surface area contributed by atoms with E-state index in [1.54, 1.807) is 13.2 Å². The van der Waals surface area contributed by atoms with Gasteiger partial charge in [0.05, 0.1) is 14.2 Å². The van der Waals surface area contributed by atoms with Gasteiger partial charge in [-0.1, -0.05) is 18.2 Å². The van der Waals surface area contributed by atoms with Crippen LogP contribution in [0.25, 0.3) is 0 Å². The Bertz CT molecular complexity index is 628. The van der Waals surface area contributed by atoms with Gasteiger partial charge in [0.2, 0.25) is 0 Å². The lowest BCUT2D eigenvalue weighted by atomic mass is 10.1. The number of likely N-dealkylation sites (N-methyl/N-ethyl adjacent to an activating group) is 1. The van der Waals surface area contributed by atoms with Crippen LogP contribution in [0.2, 0.25) is 0 Å². The monoisotopic (exact) mass is 317 g/mol. The Labute approximate surface area is 137 Å². The third-order valence-corrected chi connectivity index (χ3v) is 4.09. The summed E-state index contributed by atoms with van der Waals surface area (Å²) in [4.78, 5) is 2.21. The number of halogens is 1. The molecular formula is C19H24FNO2. The predicted octanol–water partition coefficient (Wildman–Crippen LogP) is 3.91. The van der Waals surface area contributed by atoms with E-state index < -0.39 is 0 Å². The molecule has 23 heavy (non-hydrogen) atoms. The van der Waals surface area contributed by atoms with Crippen LogP contribution in [0.5, 0.6) is 11.5 Å². The van der Waals surface area contributed by atoms with E-state index in [-0.39, 0.29) is 11.6 Å². The molecule has 1 unspecified atom stereocenters. The predicted molar refractivity (Wildman–Crippen MR) is 90.6 cm³/mol. The summed E-state index contributed by atoms with van der Waals surface area (Å²) >= 11 is 0. The summed E-state index contributed by atoms with van der Waals surface area (Å²) < 4.78 is 23.9. The maximum Gasteiger partial charge on any atom is 0.165 e. The first kappa shape index (κ1) is 17.3. The Morgan fingerprint density at radius 1 is 1.00 bits per heavy atom. The van der Waals surface area contributed by atoms with E-state index in [4.69, 9.17) is 9.47 Å². The van der Waals surface area contributed by atoms with E-state index in [0.29, 0.717) is 12.6 Å². The highest BCUT2D eigenvalue weighted by molar-refractivity contribution is 5.29. The molecule has 0 aliphatic carbocycles. The van der Waals surface area contributed by atoms with Crippen molar-refractivity contribution in [2.24, 2.45) is 0 Å². The first-order valence-electron chi connectivity index (χ1n) is 7.69. The summed E-state index contributed by atoms with van der Waals surface area (Å²) in [5.41, 5.74) is 2.19. The second-order valence-electron chi connectivity index (χ2n) is 5.79. The maximum atomic E-state index is 13.8. The summed E-state index contributed by atoms with van der Waals surface area (Å²) in [6.07, 6.45) is 0.930. The van der Waals surface area contributed by atoms with E-state index in [1.165, 1.54) is 18.7 Å². The minimum Gasteiger partial charge on any atom is -0.497 e. The van der Waals surface area contributed by atoms with Crippen molar-refractivity contribution in [1.82, 2.24) is 4.90 Å². The van der Waals surface area contributed by atoms with Gasteiger partial charge in [-0.05, 0) is 55.8 Å². The third-order valence-electron chi connectivity index (χ3n) is 4.09. The zero-order valence-corrected chi connectivity index (χ0v) is 14.2. The van der Waals surface area contributed by atoms with Crippen molar-refractivity contribution in [2.45, 2.75) is 25.9 Å². The van der Waals surface area contributed by atoms with E-state index in [0.717, 1.165) is 17.7 Å². The van der Waals surface area contributed by atoms with Crippen LogP contribution in [-0.4, -0.2) is 32.2 Å². The average molecular weight is 317 g/mol. The molecule has 0 saturated carbocycles. The Balaban J connectivity index is 1.96. The second kappa shape index (κ2) is 7.97. The van der Waals surface area contributed by atoms with E-state index in [2.05, 4.69) is 31.0 Å². The van der Waals surface area contributed by atoms with Crippen molar-refractivity contribution in [3.05, 3.63) is 59.4 Å². The van der Waals surface area contributed by atoms with E-state index >= 15 is 0 Å². The van der Waals surface area contributed by atoms with Gasteiger partial charge in [0, 0.05) is 12.6 Å². The summed E-state index contributed by atoms with van der Waals surface area (Å²) in [5.74, 6) is 0.826. The van der Waals surface area contributed by atoms with E-state index in [9.17, 15) is 4.39 Å². The number of nitrogens with zero attached hydrogens (tertiary/aromatic N) is 1. The van der Waals surface area contributed by atoms with Crippen LogP contribution >= 0.6 is 0 Å². The van der Waals surface area contributed by atoms with Crippen LogP contribution in [0.4, 0.5) is 4.39 Å². The van der Waals surface area contributed by atoms with Crippen molar-refractivity contribution < 1.29 is 13.9 Å². The van der Waals surface area contributed by atoms with E-state index in [1.807, 2.05) is 18.2 Å². The highest BCUT2D eigenvalue weighted by atomic mass is 19.1.